The molecule has 0 atom stereocenters. The molecule has 1 aliphatic heterocycles. The molecule has 9 heteroatoms. The van der Waals surface area contributed by atoms with Crippen LogP contribution < -0.4 is 15.9 Å². The van der Waals surface area contributed by atoms with Crippen molar-refractivity contribution in [1.29, 1.82) is 0 Å². The van der Waals surface area contributed by atoms with Crippen LogP contribution in [0, 0.1) is 18.7 Å². The van der Waals surface area contributed by atoms with E-state index in [-0.39, 0.29) is 23.4 Å². The minimum absolute atomic E-state index is 0.0505. The van der Waals surface area contributed by atoms with Crippen LogP contribution >= 0.6 is 0 Å². The second-order valence-corrected chi connectivity index (χ2v) is 10.1. The van der Waals surface area contributed by atoms with Crippen LogP contribution in [0.1, 0.15) is 34.3 Å². The van der Waals surface area contributed by atoms with Crippen LogP contribution in [0.3, 0.4) is 0 Å². The second kappa shape index (κ2) is 11.8. The van der Waals surface area contributed by atoms with Gasteiger partial charge in [-0.1, -0.05) is 18.2 Å². The van der Waals surface area contributed by atoms with E-state index >= 15 is 4.39 Å². The third-order valence-electron chi connectivity index (χ3n) is 7.21. The molecule has 40 heavy (non-hydrogen) atoms. The average molecular weight is 543 g/mol. The largest absolute Gasteiger partial charge is 0.496 e. The monoisotopic (exact) mass is 542 g/mol. The Balaban J connectivity index is 1.48. The van der Waals surface area contributed by atoms with Crippen molar-refractivity contribution < 1.29 is 18.7 Å². The van der Waals surface area contributed by atoms with Crippen molar-refractivity contribution in [3.05, 3.63) is 93.9 Å². The van der Waals surface area contributed by atoms with Crippen LogP contribution in [-0.4, -0.2) is 40.6 Å². The van der Waals surface area contributed by atoms with E-state index < -0.39 is 17.0 Å². The predicted molar refractivity (Wildman–Crippen MR) is 151 cm³/mol. The van der Waals surface area contributed by atoms with Crippen LogP contribution in [0.4, 0.5) is 10.2 Å². The Morgan fingerprint density at radius 1 is 1.12 bits per heavy atom. The SMILES string of the molecule is COc1ccnc(N)c1-c1ccc(CC(=O)c2cn(CC3CCOCC3)cc(-c3ccc(C)cn3)c2=O)cc1F. The summed E-state index contributed by atoms with van der Waals surface area (Å²) in [6, 6.07) is 9.74. The number of hydrogen-bond acceptors (Lipinski definition) is 7. The Bertz CT molecular complexity index is 1590. The Labute approximate surface area is 231 Å². The molecule has 8 nitrogen and oxygen atoms in total. The molecule has 0 amide bonds. The zero-order chi connectivity index (χ0) is 28.2. The Morgan fingerprint density at radius 2 is 1.93 bits per heavy atom. The van der Waals surface area contributed by atoms with Gasteiger partial charge in [0.2, 0.25) is 5.43 Å². The van der Waals surface area contributed by atoms with Gasteiger partial charge in [-0.2, -0.15) is 0 Å². The smallest absolute Gasteiger partial charge is 0.201 e. The molecule has 0 spiro atoms. The molecular weight excluding hydrogens is 511 g/mol. The summed E-state index contributed by atoms with van der Waals surface area (Å²) in [6.45, 7) is 3.96. The van der Waals surface area contributed by atoms with Crippen molar-refractivity contribution in [2.75, 3.05) is 26.1 Å². The molecule has 0 saturated carbocycles. The molecule has 4 aromatic rings. The van der Waals surface area contributed by atoms with E-state index in [1.165, 1.54) is 19.4 Å². The van der Waals surface area contributed by atoms with Gasteiger partial charge in [-0.05, 0) is 55.0 Å². The van der Waals surface area contributed by atoms with E-state index in [4.69, 9.17) is 15.2 Å². The van der Waals surface area contributed by atoms with Gasteiger partial charge in [0.1, 0.15) is 17.4 Å². The molecule has 0 unspecified atom stereocenters. The number of ketones is 1. The quantitative estimate of drug-likeness (QED) is 0.317. The molecule has 0 bridgehead atoms. The number of carbonyl (C=O) groups excluding carboxylic acids is 1. The van der Waals surface area contributed by atoms with E-state index in [0.29, 0.717) is 53.8 Å². The minimum Gasteiger partial charge on any atom is -0.496 e. The topological polar surface area (TPSA) is 109 Å². The summed E-state index contributed by atoms with van der Waals surface area (Å²) in [5.74, 6) is -0.0738. The van der Waals surface area contributed by atoms with E-state index in [1.54, 1.807) is 42.9 Å². The van der Waals surface area contributed by atoms with E-state index in [9.17, 15) is 9.59 Å². The van der Waals surface area contributed by atoms with Gasteiger partial charge in [-0.15, -0.1) is 0 Å². The number of pyridine rings is 3. The number of nitrogen functional groups attached to an aromatic ring is 1. The Hall–Kier alpha value is -4.37. The summed E-state index contributed by atoms with van der Waals surface area (Å²) >= 11 is 0. The number of nitrogens with zero attached hydrogens (tertiary/aromatic N) is 3. The highest BCUT2D eigenvalue weighted by Gasteiger charge is 2.21. The van der Waals surface area contributed by atoms with Crippen molar-refractivity contribution in [3.8, 4) is 28.1 Å². The van der Waals surface area contributed by atoms with Crippen molar-refractivity contribution >= 4 is 11.6 Å². The maximum atomic E-state index is 15.3. The minimum atomic E-state index is -0.571. The van der Waals surface area contributed by atoms with E-state index in [1.807, 2.05) is 17.6 Å². The van der Waals surface area contributed by atoms with Gasteiger partial charge >= 0.3 is 0 Å². The number of aryl methyl sites for hydroxylation is 1. The van der Waals surface area contributed by atoms with Crippen LogP contribution in [0.2, 0.25) is 0 Å². The molecule has 1 aromatic carbocycles. The summed E-state index contributed by atoms with van der Waals surface area (Å²) in [7, 11) is 1.47. The van der Waals surface area contributed by atoms with Crippen LogP contribution in [-0.2, 0) is 17.7 Å². The van der Waals surface area contributed by atoms with Gasteiger partial charge in [0, 0.05) is 56.5 Å². The molecule has 3 aromatic heterocycles. The number of Topliss-reactive ketones (excluding diaryl/α,β-unsaturated/α-hetero) is 1. The number of ether oxygens (including phenoxy) is 2. The first-order chi connectivity index (χ1) is 19.3. The second-order valence-electron chi connectivity index (χ2n) is 10.1. The van der Waals surface area contributed by atoms with Gasteiger partial charge in [-0.3, -0.25) is 14.6 Å². The van der Waals surface area contributed by atoms with Crippen molar-refractivity contribution in [2.24, 2.45) is 5.92 Å². The summed E-state index contributed by atoms with van der Waals surface area (Å²) in [5.41, 5.74) is 8.48. The van der Waals surface area contributed by atoms with Gasteiger partial charge in [0.05, 0.1) is 29.5 Å². The third-order valence-corrected chi connectivity index (χ3v) is 7.21. The highest BCUT2D eigenvalue weighted by molar-refractivity contribution is 5.98. The number of benzene rings is 1. The molecule has 4 heterocycles. The molecule has 5 rings (SSSR count). The number of carbonyl (C=O) groups is 1. The first kappa shape index (κ1) is 27.2. The van der Waals surface area contributed by atoms with Crippen LogP contribution in [0.25, 0.3) is 22.4 Å². The molecular formula is C31H31FN4O4. The first-order valence-electron chi connectivity index (χ1n) is 13.2. The standard InChI is InChI=1S/C31H31FN4O4/c1-19-3-6-26(35-15-19)23-17-36(16-20-8-11-40-12-9-20)18-24(30(23)38)27(37)14-21-4-5-22(25(32)13-21)29-28(39-2)7-10-34-31(29)33/h3-7,10,13,15,17-18,20H,8-9,11-12,14,16H2,1-2H3,(H2,33,34). The Morgan fingerprint density at radius 3 is 2.62 bits per heavy atom. The highest BCUT2D eigenvalue weighted by Crippen LogP contribution is 2.35. The maximum absolute atomic E-state index is 15.3. The summed E-state index contributed by atoms with van der Waals surface area (Å²) in [4.78, 5) is 35.5. The van der Waals surface area contributed by atoms with Crippen LogP contribution in [0.5, 0.6) is 5.75 Å². The van der Waals surface area contributed by atoms with Gasteiger partial charge in [-0.25, -0.2) is 9.37 Å². The lowest BCUT2D eigenvalue weighted by atomic mass is 9.97. The maximum Gasteiger partial charge on any atom is 0.201 e. The molecule has 1 saturated heterocycles. The fourth-order valence-corrected chi connectivity index (χ4v) is 5.02. The number of methoxy groups -OCH3 is 1. The predicted octanol–water partition coefficient (Wildman–Crippen LogP) is 4.86. The fourth-order valence-electron chi connectivity index (χ4n) is 5.02. The van der Waals surface area contributed by atoms with Crippen LogP contribution in [0.15, 0.2) is 66.0 Å². The van der Waals surface area contributed by atoms with Crippen molar-refractivity contribution in [3.63, 3.8) is 0 Å². The number of aromatic nitrogens is 3. The van der Waals surface area contributed by atoms with E-state index in [0.717, 1.165) is 18.4 Å². The van der Waals surface area contributed by atoms with Gasteiger partial charge < -0.3 is 19.8 Å². The summed E-state index contributed by atoms with van der Waals surface area (Å²) < 4.78 is 28.0. The normalized spacial score (nSPS) is 13.8. The molecule has 1 aliphatic rings. The number of halogens is 1. The molecule has 1 fully saturated rings. The lowest BCUT2D eigenvalue weighted by Crippen LogP contribution is -2.25. The van der Waals surface area contributed by atoms with Crippen molar-refractivity contribution in [1.82, 2.24) is 14.5 Å². The fraction of sp³-hybridized carbons (Fsp3) is 0.290. The lowest BCUT2D eigenvalue weighted by molar-refractivity contribution is 0.0612. The van der Waals surface area contributed by atoms with Gasteiger partial charge in [0.25, 0.3) is 0 Å². The highest BCUT2D eigenvalue weighted by atomic mass is 19.1. The molecule has 0 radical (unpaired) electrons. The average Bonchev–Trinajstić information content (AvgIpc) is 2.95. The number of nitrogens with two attached hydrogens (primary N) is 1. The lowest BCUT2D eigenvalue weighted by Gasteiger charge is -2.23. The zero-order valence-electron chi connectivity index (χ0n) is 22.5. The summed E-state index contributed by atoms with van der Waals surface area (Å²) in [5, 5.41) is 0. The van der Waals surface area contributed by atoms with Gasteiger partial charge in [0.15, 0.2) is 5.78 Å². The number of hydrogen-bond donors (Lipinski definition) is 1. The number of anilines is 1. The van der Waals surface area contributed by atoms with E-state index in [2.05, 4.69) is 9.97 Å². The molecule has 2 N–H and O–H groups in total. The zero-order valence-corrected chi connectivity index (χ0v) is 22.5. The van der Waals surface area contributed by atoms with Crippen molar-refractivity contribution in [2.45, 2.75) is 32.7 Å². The summed E-state index contributed by atoms with van der Waals surface area (Å²) in [6.07, 6.45) is 8.24. The first-order valence-corrected chi connectivity index (χ1v) is 13.2. The molecule has 206 valence electrons. The Kier molecular flexibility index (Phi) is 8.02. The molecule has 0 aliphatic carbocycles. The third kappa shape index (κ3) is 5.79. The number of rotatable bonds is 8.